The first-order chi connectivity index (χ1) is 9.58. The molecule has 0 bridgehead atoms. The normalized spacial score (nSPS) is 18.1. The molecule has 1 amide bonds. The molecule has 1 aliphatic heterocycles. The highest BCUT2D eigenvalue weighted by Crippen LogP contribution is 2.32. The predicted molar refractivity (Wildman–Crippen MR) is 70.7 cm³/mol. The molecule has 1 aliphatic rings. The number of benzene rings is 1. The van der Waals surface area contributed by atoms with Crippen LogP contribution in [0.25, 0.3) is 0 Å². The van der Waals surface area contributed by atoms with Gasteiger partial charge in [0.2, 0.25) is 5.75 Å². The summed E-state index contributed by atoms with van der Waals surface area (Å²) in [6.07, 6.45) is 0.736. The minimum absolute atomic E-state index is 0.0186. The molecular formula is C13H16N2O5. The van der Waals surface area contributed by atoms with Crippen LogP contribution in [-0.4, -0.2) is 47.6 Å². The molecule has 108 valence electrons. The first-order valence-corrected chi connectivity index (χ1v) is 6.30. The Labute approximate surface area is 115 Å². The average Bonchev–Trinajstić information content (AvgIpc) is 2.94. The molecule has 1 heterocycles. The molecule has 1 atom stereocenters. The lowest BCUT2D eigenvalue weighted by molar-refractivity contribution is -0.385. The van der Waals surface area contributed by atoms with E-state index < -0.39 is 4.92 Å². The van der Waals surface area contributed by atoms with Crippen LogP contribution >= 0.6 is 0 Å². The summed E-state index contributed by atoms with van der Waals surface area (Å²) < 4.78 is 5.03. The highest BCUT2D eigenvalue weighted by Gasteiger charge is 2.30. The topological polar surface area (TPSA) is 92.9 Å². The smallest absolute Gasteiger partial charge is 0.311 e. The zero-order valence-electron chi connectivity index (χ0n) is 11.1. The van der Waals surface area contributed by atoms with Crippen molar-refractivity contribution in [3.05, 3.63) is 33.9 Å². The third-order valence-corrected chi connectivity index (χ3v) is 3.46. The molecule has 7 heteroatoms. The highest BCUT2D eigenvalue weighted by molar-refractivity contribution is 5.98. The van der Waals surface area contributed by atoms with Crippen molar-refractivity contribution in [1.82, 2.24) is 4.90 Å². The number of hydrogen-bond donors (Lipinski definition) is 1. The standard InChI is InChI=1S/C13H16N2O5/c1-20-12-10(3-2-4-11(12)15(18)19)13(17)14-6-5-9(7-14)8-16/h2-4,9,16H,5-8H2,1H3. The molecule has 1 aromatic carbocycles. The Bertz CT molecular complexity index is 531. The highest BCUT2D eigenvalue weighted by atomic mass is 16.6. The number of nitro benzene ring substituents is 1. The number of carbonyl (C=O) groups excluding carboxylic acids is 1. The van der Waals surface area contributed by atoms with Gasteiger partial charge in [-0.15, -0.1) is 0 Å². The second kappa shape index (κ2) is 5.87. The largest absolute Gasteiger partial charge is 0.490 e. The number of hydrogen-bond acceptors (Lipinski definition) is 5. The lowest BCUT2D eigenvalue weighted by Gasteiger charge is -2.17. The molecule has 1 saturated heterocycles. The number of nitro groups is 1. The fraction of sp³-hybridized carbons (Fsp3) is 0.462. The molecule has 0 saturated carbocycles. The van der Waals surface area contributed by atoms with Crippen molar-refractivity contribution < 1.29 is 19.6 Å². The number of aliphatic hydroxyl groups excluding tert-OH is 1. The van der Waals surface area contributed by atoms with Crippen molar-refractivity contribution in [3.63, 3.8) is 0 Å². The van der Waals surface area contributed by atoms with E-state index in [9.17, 15) is 14.9 Å². The van der Waals surface area contributed by atoms with Gasteiger partial charge in [0.15, 0.2) is 0 Å². The summed E-state index contributed by atoms with van der Waals surface area (Å²) in [7, 11) is 1.31. The van der Waals surface area contributed by atoms with Crippen LogP contribution in [-0.2, 0) is 0 Å². The summed E-state index contributed by atoms with van der Waals surface area (Å²) >= 11 is 0. The van der Waals surface area contributed by atoms with E-state index in [0.29, 0.717) is 13.1 Å². The van der Waals surface area contributed by atoms with Crippen LogP contribution in [0.3, 0.4) is 0 Å². The van der Waals surface area contributed by atoms with E-state index in [-0.39, 0.29) is 35.4 Å². The Morgan fingerprint density at radius 2 is 2.35 bits per heavy atom. The summed E-state index contributed by atoms with van der Waals surface area (Å²) in [5.74, 6) is -0.250. The molecular weight excluding hydrogens is 264 g/mol. The van der Waals surface area contributed by atoms with Crippen molar-refractivity contribution in [2.24, 2.45) is 5.92 Å². The van der Waals surface area contributed by atoms with Gasteiger partial charge in [-0.05, 0) is 12.5 Å². The van der Waals surface area contributed by atoms with Gasteiger partial charge in [-0.3, -0.25) is 14.9 Å². The molecule has 2 rings (SSSR count). The molecule has 0 spiro atoms. The number of carbonyl (C=O) groups is 1. The maximum atomic E-state index is 12.4. The van der Waals surface area contributed by atoms with Crippen LogP contribution in [0.1, 0.15) is 16.8 Å². The van der Waals surface area contributed by atoms with Gasteiger partial charge in [0.05, 0.1) is 17.6 Å². The molecule has 0 aliphatic carbocycles. The number of nitrogens with zero attached hydrogens (tertiary/aromatic N) is 2. The van der Waals surface area contributed by atoms with E-state index in [0.717, 1.165) is 6.42 Å². The maximum absolute atomic E-state index is 12.4. The van der Waals surface area contributed by atoms with E-state index in [1.165, 1.54) is 25.3 Å². The van der Waals surface area contributed by atoms with E-state index in [4.69, 9.17) is 9.84 Å². The van der Waals surface area contributed by atoms with E-state index in [2.05, 4.69) is 0 Å². The quantitative estimate of drug-likeness (QED) is 0.657. The SMILES string of the molecule is COc1c(C(=O)N2CCC(CO)C2)cccc1[N+](=O)[O-]. The summed E-state index contributed by atoms with van der Waals surface area (Å²) in [6.45, 7) is 1.03. The number of rotatable bonds is 4. The van der Waals surface area contributed by atoms with Crippen LogP contribution in [0.5, 0.6) is 5.75 Å². The first-order valence-electron chi connectivity index (χ1n) is 6.30. The Balaban J connectivity index is 2.31. The summed E-state index contributed by atoms with van der Waals surface area (Å²) in [5, 5.41) is 20.0. The van der Waals surface area contributed by atoms with Crippen LogP contribution in [0.15, 0.2) is 18.2 Å². The first kappa shape index (κ1) is 14.3. The van der Waals surface area contributed by atoms with Gasteiger partial charge in [-0.2, -0.15) is 0 Å². The number of aliphatic hydroxyl groups is 1. The Hall–Kier alpha value is -2.15. The number of para-hydroxylation sites is 1. The summed E-state index contributed by atoms with van der Waals surface area (Å²) in [5.41, 5.74) is -0.0449. The van der Waals surface area contributed by atoms with Gasteiger partial charge in [0.25, 0.3) is 5.91 Å². The van der Waals surface area contributed by atoms with Crippen LogP contribution in [0.4, 0.5) is 5.69 Å². The molecule has 0 radical (unpaired) electrons. The molecule has 1 fully saturated rings. The average molecular weight is 280 g/mol. The number of likely N-dealkylation sites (tertiary alicyclic amines) is 1. The fourth-order valence-electron chi connectivity index (χ4n) is 2.39. The Morgan fingerprint density at radius 1 is 1.60 bits per heavy atom. The minimum atomic E-state index is -0.573. The monoisotopic (exact) mass is 280 g/mol. The van der Waals surface area contributed by atoms with Gasteiger partial charge < -0.3 is 14.7 Å². The van der Waals surface area contributed by atoms with Crippen LogP contribution in [0, 0.1) is 16.0 Å². The van der Waals surface area contributed by atoms with Crippen molar-refractivity contribution >= 4 is 11.6 Å². The van der Waals surface area contributed by atoms with Crippen molar-refractivity contribution in [1.29, 1.82) is 0 Å². The van der Waals surface area contributed by atoms with E-state index >= 15 is 0 Å². The Morgan fingerprint density at radius 3 is 2.90 bits per heavy atom. The molecule has 7 nitrogen and oxygen atoms in total. The van der Waals surface area contributed by atoms with E-state index in [1.807, 2.05) is 0 Å². The molecule has 1 unspecified atom stereocenters. The third kappa shape index (κ3) is 2.57. The molecule has 20 heavy (non-hydrogen) atoms. The fourth-order valence-corrected chi connectivity index (χ4v) is 2.39. The lowest BCUT2D eigenvalue weighted by Crippen LogP contribution is -2.29. The van der Waals surface area contributed by atoms with Crippen LogP contribution < -0.4 is 4.74 Å². The summed E-state index contributed by atoms with van der Waals surface area (Å²) in [4.78, 5) is 24.4. The zero-order chi connectivity index (χ0) is 14.7. The second-order valence-corrected chi connectivity index (χ2v) is 4.70. The number of ether oxygens (including phenoxy) is 1. The minimum Gasteiger partial charge on any atom is -0.490 e. The molecule has 0 aromatic heterocycles. The Kier molecular flexibility index (Phi) is 4.19. The van der Waals surface area contributed by atoms with Gasteiger partial charge in [0.1, 0.15) is 0 Å². The summed E-state index contributed by atoms with van der Waals surface area (Å²) in [6, 6.07) is 4.28. The second-order valence-electron chi connectivity index (χ2n) is 4.70. The van der Waals surface area contributed by atoms with Crippen molar-refractivity contribution in [2.75, 3.05) is 26.8 Å². The van der Waals surface area contributed by atoms with Crippen molar-refractivity contribution in [3.8, 4) is 5.75 Å². The van der Waals surface area contributed by atoms with Gasteiger partial charge >= 0.3 is 5.69 Å². The van der Waals surface area contributed by atoms with Crippen LogP contribution in [0.2, 0.25) is 0 Å². The zero-order valence-corrected chi connectivity index (χ0v) is 11.1. The predicted octanol–water partition coefficient (Wildman–Crippen LogP) is 1.06. The molecule has 1 aromatic rings. The molecule has 1 N–H and O–H groups in total. The lowest BCUT2D eigenvalue weighted by atomic mass is 10.1. The van der Waals surface area contributed by atoms with E-state index in [1.54, 1.807) is 4.90 Å². The van der Waals surface area contributed by atoms with Gasteiger partial charge in [-0.25, -0.2) is 0 Å². The maximum Gasteiger partial charge on any atom is 0.311 e. The number of methoxy groups -OCH3 is 1. The van der Waals surface area contributed by atoms with Crippen molar-refractivity contribution in [2.45, 2.75) is 6.42 Å². The van der Waals surface area contributed by atoms with Gasteiger partial charge in [0, 0.05) is 31.7 Å². The third-order valence-electron chi connectivity index (χ3n) is 3.46. The van der Waals surface area contributed by atoms with Gasteiger partial charge in [-0.1, -0.05) is 6.07 Å². The number of amides is 1.